The molecule has 3 atom stereocenters. The Morgan fingerprint density at radius 1 is 1.00 bits per heavy atom. The number of benzene rings is 1. The second kappa shape index (κ2) is 7.88. The Morgan fingerprint density at radius 2 is 1.71 bits per heavy atom. The first-order valence-electron chi connectivity index (χ1n) is 9.41. The molecule has 0 aromatic heterocycles. The SMILES string of the molecule is Cl.O=C(C1CC2CCCCC2N1)N1CCC(c2ccccc2)CC1. The van der Waals surface area contributed by atoms with Gasteiger partial charge >= 0.3 is 0 Å². The highest BCUT2D eigenvalue weighted by molar-refractivity contribution is 5.85. The van der Waals surface area contributed by atoms with Crippen LogP contribution in [0, 0.1) is 5.92 Å². The van der Waals surface area contributed by atoms with Gasteiger partial charge < -0.3 is 10.2 Å². The molecule has 2 heterocycles. The maximum atomic E-state index is 12.9. The van der Waals surface area contributed by atoms with Gasteiger partial charge in [-0.2, -0.15) is 0 Å². The summed E-state index contributed by atoms with van der Waals surface area (Å²) >= 11 is 0. The van der Waals surface area contributed by atoms with Gasteiger partial charge in [-0.3, -0.25) is 4.79 Å². The lowest BCUT2D eigenvalue weighted by Gasteiger charge is -2.34. The van der Waals surface area contributed by atoms with Crippen LogP contribution < -0.4 is 5.32 Å². The maximum absolute atomic E-state index is 12.9. The Morgan fingerprint density at radius 3 is 2.42 bits per heavy atom. The Labute approximate surface area is 151 Å². The number of nitrogens with zero attached hydrogens (tertiary/aromatic N) is 1. The van der Waals surface area contributed by atoms with Gasteiger partial charge in [0.05, 0.1) is 6.04 Å². The Balaban J connectivity index is 0.00000169. The second-order valence-corrected chi connectivity index (χ2v) is 7.62. The van der Waals surface area contributed by atoms with E-state index in [0.29, 0.717) is 17.9 Å². The van der Waals surface area contributed by atoms with Crippen molar-refractivity contribution in [1.29, 1.82) is 0 Å². The molecule has 2 saturated heterocycles. The largest absolute Gasteiger partial charge is 0.341 e. The Hall–Kier alpha value is -1.06. The van der Waals surface area contributed by atoms with Crippen molar-refractivity contribution in [1.82, 2.24) is 10.2 Å². The zero-order chi connectivity index (χ0) is 15.6. The first kappa shape index (κ1) is 17.8. The average molecular weight is 349 g/mol. The molecule has 3 aliphatic rings. The molecule has 1 aromatic carbocycles. The fraction of sp³-hybridized carbons (Fsp3) is 0.650. The van der Waals surface area contributed by atoms with Crippen molar-refractivity contribution in [3.63, 3.8) is 0 Å². The Bertz CT molecular complexity index is 528. The highest BCUT2D eigenvalue weighted by atomic mass is 35.5. The number of nitrogens with one attached hydrogen (secondary N) is 1. The number of halogens is 1. The molecule has 0 spiro atoms. The number of rotatable bonds is 2. The molecule has 132 valence electrons. The number of carbonyl (C=O) groups excluding carboxylic acids is 1. The second-order valence-electron chi connectivity index (χ2n) is 7.62. The molecule has 1 aromatic rings. The van der Waals surface area contributed by atoms with Crippen LogP contribution >= 0.6 is 12.4 Å². The summed E-state index contributed by atoms with van der Waals surface area (Å²) in [6, 6.07) is 11.5. The lowest BCUT2D eigenvalue weighted by atomic mass is 9.85. The molecular weight excluding hydrogens is 320 g/mol. The molecule has 1 saturated carbocycles. The zero-order valence-corrected chi connectivity index (χ0v) is 15.1. The number of fused-ring (bicyclic) bond motifs is 1. The molecule has 1 amide bonds. The van der Waals surface area contributed by atoms with E-state index in [1.807, 2.05) is 0 Å². The van der Waals surface area contributed by atoms with Gasteiger partial charge in [0.15, 0.2) is 0 Å². The third-order valence-corrected chi connectivity index (χ3v) is 6.24. The van der Waals surface area contributed by atoms with Gasteiger partial charge in [-0.25, -0.2) is 0 Å². The van der Waals surface area contributed by atoms with Crippen LogP contribution in [0.25, 0.3) is 0 Å². The smallest absolute Gasteiger partial charge is 0.239 e. The van der Waals surface area contributed by atoms with Crippen LogP contribution in [0.15, 0.2) is 30.3 Å². The van der Waals surface area contributed by atoms with E-state index in [0.717, 1.165) is 38.3 Å². The zero-order valence-electron chi connectivity index (χ0n) is 14.3. The summed E-state index contributed by atoms with van der Waals surface area (Å²) < 4.78 is 0. The minimum absolute atomic E-state index is 0. The van der Waals surface area contributed by atoms with Gasteiger partial charge in [-0.15, -0.1) is 12.4 Å². The van der Waals surface area contributed by atoms with Gasteiger partial charge in [0, 0.05) is 19.1 Å². The molecular formula is C20H29ClN2O. The van der Waals surface area contributed by atoms with E-state index < -0.39 is 0 Å². The highest BCUT2D eigenvalue weighted by Gasteiger charge is 2.40. The monoisotopic (exact) mass is 348 g/mol. The molecule has 1 N–H and O–H groups in total. The van der Waals surface area contributed by atoms with Crippen molar-refractivity contribution >= 4 is 18.3 Å². The van der Waals surface area contributed by atoms with Crippen molar-refractivity contribution in [2.45, 2.75) is 62.9 Å². The van der Waals surface area contributed by atoms with E-state index in [4.69, 9.17) is 0 Å². The van der Waals surface area contributed by atoms with Crippen molar-refractivity contribution in [2.75, 3.05) is 13.1 Å². The standard InChI is InChI=1S/C20H28N2O.ClH/c23-20(19-14-17-8-4-5-9-18(17)21-19)22-12-10-16(11-13-22)15-6-2-1-3-7-15;/h1-3,6-7,16-19,21H,4-5,8-14H2;1H. The molecule has 3 nitrogen and oxygen atoms in total. The molecule has 3 fully saturated rings. The normalized spacial score (nSPS) is 30.5. The highest BCUT2D eigenvalue weighted by Crippen LogP contribution is 2.34. The quantitative estimate of drug-likeness (QED) is 0.883. The number of likely N-dealkylation sites (tertiary alicyclic amines) is 1. The summed E-state index contributed by atoms with van der Waals surface area (Å²) in [7, 11) is 0. The number of carbonyl (C=O) groups is 1. The summed E-state index contributed by atoms with van der Waals surface area (Å²) in [5, 5.41) is 3.64. The summed E-state index contributed by atoms with van der Waals surface area (Å²) in [5.41, 5.74) is 1.43. The molecule has 2 aliphatic heterocycles. The molecule has 0 bridgehead atoms. The first-order chi connectivity index (χ1) is 11.3. The lowest BCUT2D eigenvalue weighted by molar-refractivity contribution is -0.134. The molecule has 3 unspecified atom stereocenters. The van der Waals surface area contributed by atoms with E-state index in [9.17, 15) is 4.79 Å². The summed E-state index contributed by atoms with van der Waals surface area (Å²) in [5.74, 6) is 1.74. The summed E-state index contributed by atoms with van der Waals surface area (Å²) in [6.07, 6.45) is 8.55. The van der Waals surface area contributed by atoms with Gasteiger partial charge in [0.2, 0.25) is 5.91 Å². The summed E-state index contributed by atoms with van der Waals surface area (Å²) in [6.45, 7) is 1.85. The van der Waals surface area contributed by atoms with E-state index in [-0.39, 0.29) is 18.4 Å². The minimum atomic E-state index is 0. The first-order valence-corrected chi connectivity index (χ1v) is 9.41. The lowest BCUT2D eigenvalue weighted by Crippen LogP contribution is -2.48. The topological polar surface area (TPSA) is 32.3 Å². The predicted molar refractivity (Wildman–Crippen MR) is 99.5 cm³/mol. The van der Waals surface area contributed by atoms with Gasteiger partial charge in [-0.1, -0.05) is 43.2 Å². The van der Waals surface area contributed by atoms with Crippen LogP contribution in [0.3, 0.4) is 0 Å². The van der Waals surface area contributed by atoms with Crippen LogP contribution in [0.4, 0.5) is 0 Å². The fourth-order valence-electron chi connectivity index (χ4n) is 4.89. The van der Waals surface area contributed by atoms with Crippen molar-refractivity contribution in [3.8, 4) is 0 Å². The third kappa shape index (κ3) is 3.62. The van der Waals surface area contributed by atoms with E-state index in [1.165, 1.54) is 31.2 Å². The number of hydrogen-bond donors (Lipinski definition) is 1. The van der Waals surface area contributed by atoms with E-state index in [2.05, 4.69) is 40.5 Å². The number of piperidine rings is 1. The van der Waals surface area contributed by atoms with Crippen molar-refractivity contribution in [3.05, 3.63) is 35.9 Å². The molecule has 0 radical (unpaired) electrons. The molecule has 4 heteroatoms. The van der Waals surface area contributed by atoms with Gasteiger partial charge in [0.1, 0.15) is 0 Å². The number of hydrogen-bond acceptors (Lipinski definition) is 2. The predicted octanol–water partition coefficient (Wildman–Crippen LogP) is 3.74. The van der Waals surface area contributed by atoms with Gasteiger partial charge in [0.25, 0.3) is 0 Å². The van der Waals surface area contributed by atoms with Crippen LogP contribution in [0.1, 0.15) is 56.4 Å². The molecule has 1 aliphatic carbocycles. The van der Waals surface area contributed by atoms with Crippen LogP contribution in [0.5, 0.6) is 0 Å². The van der Waals surface area contributed by atoms with Crippen molar-refractivity contribution < 1.29 is 4.79 Å². The molecule has 4 rings (SSSR count). The molecule has 24 heavy (non-hydrogen) atoms. The minimum Gasteiger partial charge on any atom is -0.341 e. The van der Waals surface area contributed by atoms with E-state index in [1.54, 1.807) is 0 Å². The van der Waals surface area contributed by atoms with E-state index >= 15 is 0 Å². The summed E-state index contributed by atoms with van der Waals surface area (Å²) in [4.78, 5) is 15.0. The fourth-order valence-corrected chi connectivity index (χ4v) is 4.89. The van der Waals surface area contributed by atoms with Gasteiger partial charge in [-0.05, 0) is 49.5 Å². The average Bonchev–Trinajstić information content (AvgIpc) is 3.06. The van der Waals surface area contributed by atoms with Crippen LogP contribution in [0.2, 0.25) is 0 Å². The maximum Gasteiger partial charge on any atom is 0.239 e. The number of amides is 1. The van der Waals surface area contributed by atoms with Crippen molar-refractivity contribution in [2.24, 2.45) is 5.92 Å². The van der Waals surface area contributed by atoms with Crippen LogP contribution in [-0.2, 0) is 4.79 Å². The van der Waals surface area contributed by atoms with Crippen LogP contribution in [-0.4, -0.2) is 36.0 Å². The third-order valence-electron chi connectivity index (χ3n) is 6.24. The Kier molecular flexibility index (Phi) is 5.83.